The van der Waals surface area contributed by atoms with Gasteiger partial charge < -0.3 is 14.8 Å². The van der Waals surface area contributed by atoms with Crippen LogP contribution in [0.3, 0.4) is 0 Å². The van der Waals surface area contributed by atoms with Gasteiger partial charge in [-0.05, 0) is 52.3 Å². The van der Waals surface area contributed by atoms with Crippen molar-refractivity contribution in [3.05, 3.63) is 29.8 Å². The minimum absolute atomic E-state index is 0.113. The molecule has 0 aliphatic heterocycles. The van der Waals surface area contributed by atoms with Crippen LogP contribution in [-0.4, -0.2) is 36.2 Å². The number of hydrogen-bond acceptors (Lipinski definition) is 5. The third-order valence-electron chi connectivity index (χ3n) is 2.95. The van der Waals surface area contributed by atoms with Gasteiger partial charge in [-0.3, -0.25) is 10.1 Å². The first kappa shape index (κ1) is 19.5. The van der Waals surface area contributed by atoms with E-state index in [-0.39, 0.29) is 6.04 Å². The molecular weight excluding hydrogens is 312 g/mol. The van der Waals surface area contributed by atoms with E-state index < -0.39 is 30.1 Å². The Labute approximate surface area is 141 Å². The summed E-state index contributed by atoms with van der Waals surface area (Å²) in [5.74, 6) is -0.861. The van der Waals surface area contributed by atoms with Crippen molar-refractivity contribution in [3.8, 4) is 5.75 Å². The van der Waals surface area contributed by atoms with E-state index in [4.69, 9.17) is 9.47 Å². The highest BCUT2D eigenvalue weighted by molar-refractivity contribution is 5.97. The highest BCUT2D eigenvalue weighted by Gasteiger charge is 2.24. The average molecular weight is 336 g/mol. The monoisotopic (exact) mass is 336 g/mol. The molecular formula is C17H24N2O5. The molecule has 0 spiro atoms. The highest BCUT2D eigenvalue weighted by atomic mass is 16.6. The maximum Gasteiger partial charge on any atom is 0.347 e. The van der Waals surface area contributed by atoms with Gasteiger partial charge in [0, 0.05) is 6.04 Å². The van der Waals surface area contributed by atoms with Crippen LogP contribution in [0.5, 0.6) is 5.75 Å². The van der Waals surface area contributed by atoms with Gasteiger partial charge in [-0.15, -0.1) is 0 Å². The van der Waals surface area contributed by atoms with Gasteiger partial charge in [0.1, 0.15) is 5.75 Å². The summed E-state index contributed by atoms with van der Waals surface area (Å²) in [5, 5.41) is 4.61. The third-order valence-corrected chi connectivity index (χ3v) is 2.95. The van der Waals surface area contributed by atoms with E-state index in [0.717, 1.165) is 5.56 Å². The maximum atomic E-state index is 12.0. The lowest BCUT2D eigenvalue weighted by molar-refractivity contribution is -0.160. The molecule has 2 N–H and O–H groups in total. The van der Waals surface area contributed by atoms with Crippen molar-refractivity contribution in [3.63, 3.8) is 0 Å². The Morgan fingerprint density at radius 1 is 1.04 bits per heavy atom. The number of esters is 1. The van der Waals surface area contributed by atoms with Crippen molar-refractivity contribution in [1.29, 1.82) is 0 Å². The zero-order valence-corrected chi connectivity index (χ0v) is 14.6. The summed E-state index contributed by atoms with van der Waals surface area (Å²) in [6.07, 6.45) is -1.99. The number of rotatable bonds is 6. The van der Waals surface area contributed by atoms with Crippen molar-refractivity contribution in [2.24, 2.45) is 0 Å². The molecule has 7 heteroatoms. The minimum Gasteiger partial charge on any atom is -0.479 e. The molecule has 1 aromatic carbocycles. The molecule has 0 saturated heterocycles. The van der Waals surface area contributed by atoms with Crippen molar-refractivity contribution < 1.29 is 23.9 Å². The SMILES string of the molecule is Cc1cccc(O[C@@H](C)C(=O)O[C@@H](C)C(=O)NC(=O)NC(C)C)c1. The predicted octanol–water partition coefficient (Wildman–Crippen LogP) is 1.93. The molecule has 132 valence electrons. The van der Waals surface area contributed by atoms with E-state index in [1.54, 1.807) is 26.0 Å². The van der Waals surface area contributed by atoms with Crippen LogP contribution in [-0.2, 0) is 14.3 Å². The summed E-state index contributed by atoms with van der Waals surface area (Å²) in [6, 6.07) is 6.48. The maximum absolute atomic E-state index is 12.0. The number of amides is 3. The molecule has 3 amide bonds. The van der Waals surface area contributed by atoms with Gasteiger partial charge in [-0.25, -0.2) is 9.59 Å². The quantitative estimate of drug-likeness (QED) is 0.774. The normalized spacial score (nSPS) is 12.9. The van der Waals surface area contributed by atoms with E-state index in [0.29, 0.717) is 5.75 Å². The van der Waals surface area contributed by atoms with Gasteiger partial charge in [0.25, 0.3) is 5.91 Å². The molecule has 7 nitrogen and oxygen atoms in total. The second-order valence-electron chi connectivity index (χ2n) is 5.77. The highest BCUT2D eigenvalue weighted by Crippen LogP contribution is 2.14. The summed E-state index contributed by atoms with van der Waals surface area (Å²) in [4.78, 5) is 35.2. The van der Waals surface area contributed by atoms with Crippen LogP contribution in [0.4, 0.5) is 4.79 Å². The first-order chi connectivity index (χ1) is 11.2. The van der Waals surface area contributed by atoms with Crippen molar-refractivity contribution in [1.82, 2.24) is 10.6 Å². The molecule has 1 aromatic rings. The Kier molecular flexibility index (Phi) is 7.23. The van der Waals surface area contributed by atoms with Crippen LogP contribution in [0, 0.1) is 6.92 Å². The Morgan fingerprint density at radius 2 is 1.71 bits per heavy atom. The molecule has 0 aromatic heterocycles. The Balaban J connectivity index is 2.50. The largest absolute Gasteiger partial charge is 0.479 e. The van der Waals surface area contributed by atoms with E-state index in [1.807, 2.05) is 19.1 Å². The number of imide groups is 1. The zero-order chi connectivity index (χ0) is 18.3. The van der Waals surface area contributed by atoms with Gasteiger partial charge in [-0.2, -0.15) is 0 Å². The van der Waals surface area contributed by atoms with E-state index in [1.165, 1.54) is 13.8 Å². The molecule has 0 aliphatic rings. The third kappa shape index (κ3) is 6.68. The molecule has 2 atom stereocenters. The van der Waals surface area contributed by atoms with Crippen molar-refractivity contribution >= 4 is 17.9 Å². The van der Waals surface area contributed by atoms with E-state index in [9.17, 15) is 14.4 Å². The number of nitrogens with one attached hydrogen (secondary N) is 2. The average Bonchev–Trinajstić information content (AvgIpc) is 2.45. The summed E-state index contributed by atoms with van der Waals surface area (Å²) in [5.41, 5.74) is 0.997. The van der Waals surface area contributed by atoms with Crippen LogP contribution < -0.4 is 15.4 Å². The number of urea groups is 1. The molecule has 24 heavy (non-hydrogen) atoms. The second kappa shape index (κ2) is 8.90. The van der Waals surface area contributed by atoms with Crippen LogP contribution in [0.2, 0.25) is 0 Å². The molecule has 0 radical (unpaired) electrons. The van der Waals surface area contributed by atoms with E-state index in [2.05, 4.69) is 10.6 Å². The fourth-order valence-electron chi connectivity index (χ4n) is 1.78. The Hall–Kier alpha value is -2.57. The van der Waals surface area contributed by atoms with Gasteiger partial charge >= 0.3 is 12.0 Å². The summed E-state index contributed by atoms with van der Waals surface area (Å²) in [7, 11) is 0. The van der Waals surface area contributed by atoms with Crippen LogP contribution in [0.25, 0.3) is 0 Å². The van der Waals surface area contributed by atoms with Gasteiger partial charge in [0.15, 0.2) is 12.2 Å². The molecule has 0 bridgehead atoms. The van der Waals surface area contributed by atoms with Gasteiger partial charge in [-0.1, -0.05) is 12.1 Å². The molecule has 1 rings (SSSR count). The standard InChI is InChI=1S/C17H24N2O5/c1-10(2)18-17(22)19-15(20)12(4)24-16(21)13(5)23-14-8-6-7-11(3)9-14/h6-10,12-13H,1-5H3,(H2,18,19,20,22)/t12-,13-/m0/s1. The smallest absolute Gasteiger partial charge is 0.347 e. The number of benzene rings is 1. The summed E-state index contributed by atoms with van der Waals surface area (Å²) >= 11 is 0. The Morgan fingerprint density at radius 3 is 2.29 bits per heavy atom. The van der Waals surface area contributed by atoms with Crippen LogP contribution >= 0.6 is 0 Å². The molecule has 0 heterocycles. The lowest BCUT2D eigenvalue weighted by atomic mass is 10.2. The fraction of sp³-hybridized carbons (Fsp3) is 0.471. The summed E-state index contributed by atoms with van der Waals surface area (Å²) in [6.45, 7) is 8.34. The first-order valence-electron chi connectivity index (χ1n) is 7.74. The summed E-state index contributed by atoms with van der Waals surface area (Å²) < 4.78 is 10.5. The minimum atomic E-state index is -1.11. The molecule has 0 unspecified atom stereocenters. The number of carbonyl (C=O) groups is 3. The first-order valence-corrected chi connectivity index (χ1v) is 7.74. The van der Waals surface area contributed by atoms with Crippen LogP contribution in [0.1, 0.15) is 33.3 Å². The van der Waals surface area contributed by atoms with E-state index >= 15 is 0 Å². The topological polar surface area (TPSA) is 93.7 Å². The molecule has 0 fully saturated rings. The van der Waals surface area contributed by atoms with Crippen LogP contribution in [0.15, 0.2) is 24.3 Å². The second-order valence-corrected chi connectivity index (χ2v) is 5.77. The number of carbonyl (C=O) groups excluding carboxylic acids is 3. The molecule has 0 saturated carbocycles. The van der Waals surface area contributed by atoms with Gasteiger partial charge in [0.2, 0.25) is 0 Å². The Bertz CT molecular complexity index is 600. The van der Waals surface area contributed by atoms with Crippen molar-refractivity contribution in [2.45, 2.75) is 52.9 Å². The predicted molar refractivity (Wildman–Crippen MR) is 88.6 cm³/mol. The van der Waals surface area contributed by atoms with Gasteiger partial charge in [0.05, 0.1) is 0 Å². The molecule has 0 aliphatic carbocycles. The van der Waals surface area contributed by atoms with Crippen molar-refractivity contribution in [2.75, 3.05) is 0 Å². The zero-order valence-electron chi connectivity index (χ0n) is 14.6. The number of aryl methyl sites for hydroxylation is 1. The number of ether oxygens (including phenoxy) is 2. The number of hydrogen-bond donors (Lipinski definition) is 2. The fourth-order valence-corrected chi connectivity index (χ4v) is 1.78. The lowest BCUT2D eigenvalue weighted by Crippen LogP contribution is -2.47. The lowest BCUT2D eigenvalue weighted by Gasteiger charge is -2.18.